The second-order valence-corrected chi connectivity index (χ2v) is 14.4. The molecule has 0 N–H and O–H groups in total. The van der Waals surface area contributed by atoms with Crippen LogP contribution < -0.4 is 4.90 Å². The third kappa shape index (κ3) is 6.82. The summed E-state index contributed by atoms with van der Waals surface area (Å²) in [5, 5.41) is 0. The van der Waals surface area contributed by atoms with E-state index in [0.29, 0.717) is 0 Å². The molecule has 1 aliphatic carbocycles. The second kappa shape index (κ2) is 14.7. The lowest BCUT2D eigenvalue weighted by atomic mass is 9.77. The number of hydrogen-bond acceptors (Lipinski definition) is 1. The maximum atomic E-state index is 4.94. The molecule has 0 bridgehead atoms. The monoisotopic (exact) mass is 681 g/mol. The summed E-state index contributed by atoms with van der Waals surface area (Å²) in [4.78, 5) is 2.48. The van der Waals surface area contributed by atoms with Gasteiger partial charge in [-0.25, -0.2) is 0 Å². The summed E-state index contributed by atoms with van der Waals surface area (Å²) in [7, 11) is 0. The predicted octanol–water partition coefficient (Wildman–Crippen LogP) is 14.3. The number of benzene rings is 7. The molecule has 7 aromatic carbocycles. The minimum absolute atomic E-state index is 0.0744. The lowest BCUT2D eigenvalue weighted by Crippen LogP contribution is -2.22. The van der Waals surface area contributed by atoms with Crippen LogP contribution in [-0.2, 0) is 5.41 Å². The van der Waals surface area contributed by atoms with E-state index < -0.39 is 0 Å². The number of rotatable bonds is 7. The Hall–Kier alpha value is -6.44. The third-order valence-corrected chi connectivity index (χ3v) is 10.4. The zero-order chi connectivity index (χ0) is 36.2. The molecule has 1 nitrogen and oxygen atoms in total. The van der Waals surface area contributed by atoms with E-state index in [1.54, 1.807) is 0 Å². The van der Waals surface area contributed by atoms with Crippen LogP contribution in [0.1, 0.15) is 31.4 Å². The van der Waals surface area contributed by atoms with E-state index in [2.05, 4.69) is 219 Å². The Balaban J connectivity index is 1.50. The van der Waals surface area contributed by atoms with E-state index in [1.807, 2.05) is 0 Å². The fourth-order valence-corrected chi connectivity index (χ4v) is 7.63. The van der Waals surface area contributed by atoms with Crippen LogP contribution in [0.4, 0.5) is 11.4 Å². The molecular formula is C52H43N. The highest BCUT2D eigenvalue weighted by molar-refractivity contribution is 6.00. The quantitative estimate of drug-likeness (QED) is 0.162. The van der Waals surface area contributed by atoms with Crippen LogP contribution in [0.25, 0.3) is 50.1 Å². The number of fused-ring (bicyclic) bond motifs is 1. The van der Waals surface area contributed by atoms with Crippen molar-refractivity contribution in [1.29, 1.82) is 0 Å². The van der Waals surface area contributed by atoms with Crippen LogP contribution in [0.2, 0.25) is 0 Å². The van der Waals surface area contributed by atoms with Gasteiger partial charge < -0.3 is 4.90 Å². The van der Waals surface area contributed by atoms with E-state index in [9.17, 15) is 0 Å². The van der Waals surface area contributed by atoms with Crippen molar-refractivity contribution in [3.05, 3.63) is 224 Å². The summed E-state index contributed by atoms with van der Waals surface area (Å²) in [6.07, 6.45) is 7.73. The van der Waals surface area contributed by atoms with Gasteiger partial charge in [-0.1, -0.05) is 196 Å². The molecule has 0 fully saturated rings. The number of hydrogen-bond donors (Lipinski definition) is 0. The molecule has 0 aromatic heterocycles. The van der Waals surface area contributed by atoms with E-state index in [-0.39, 0.29) is 5.41 Å². The highest BCUT2D eigenvalue weighted by Gasteiger charge is 2.30. The van der Waals surface area contributed by atoms with Crippen molar-refractivity contribution in [3.8, 4) is 44.5 Å². The molecule has 0 heterocycles. The summed E-state index contributed by atoms with van der Waals surface area (Å²) in [5.74, 6) is 0. The standard InChI is InChI=1S/C52H43N/c1-38-46-29-16-17-32-49(46)52(2,3)34-19-18-33-50(38)53(45-36-43(39-21-8-4-9-22-39)35-44(37-45)40-23-10-5-11-24-40)51-47(41-25-12-6-13-26-41)30-20-31-48(51)42-27-14-7-15-28-42/h4-33,35-37H,1,34H2,2-3H3/b19-18-,50-33+. The van der Waals surface area contributed by atoms with Gasteiger partial charge in [0.05, 0.1) is 11.4 Å². The first kappa shape index (κ1) is 33.7. The molecule has 0 unspecified atom stereocenters. The molecule has 0 saturated carbocycles. The Labute approximate surface area is 314 Å². The average molecular weight is 682 g/mol. The van der Waals surface area contributed by atoms with Gasteiger partial charge in [0.2, 0.25) is 0 Å². The first-order chi connectivity index (χ1) is 26.0. The average Bonchev–Trinajstić information content (AvgIpc) is 3.26. The fourth-order valence-electron chi connectivity index (χ4n) is 7.63. The number of nitrogens with zero attached hydrogens (tertiary/aromatic N) is 1. The lowest BCUT2D eigenvalue weighted by molar-refractivity contribution is 0.533. The highest BCUT2D eigenvalue weighted by atomic mass is 15.2. The smallest absolute Gasteiger partial charge is 0.0618 e. The largest absolute Gasteiger partial charge is 0.309 e. The van der Waals surface area contributed by atoms with Crippen LogP contribution in [0.3, 0.4) is 0 Å². The second-order valence-electron chi connectivity index (χ2n) is 14.4. The van der Waals surface area contributed by atoms with Crippen LogP contribution in [0.5, 0.6) is 0 Å². The van der Waals surface area contributed by atoms with Crippen LogP contribution in [0, 0.1) is 0 Å². The van der Waals surface area contributed by atoms with E-state index in [1.165, 1.54) is 22.3 Å². The van der Waals surface area contributed by atoms with E-state index >= 15 is 0 Å². The first-order valence-corrected chi connectivity index (χ1v) is 18.4. The van der Waals surface area contributed by atoms with Crippen LogP contribution in [-0.4, -0.2) is 0 Å². The van der Waals surface area contributed by atoms with Gasteiger partial charge in [-0.05, 0) is 86.2 Å². The Morgan fingerprint density at radius 1 is 0.472 bits per heavy atom. The zero-order valence-electron chi connectivity index (χ0n) is 30.4. The molecule has 1 heteroatoms. The summed E-state index contributed by atoms with van der Waals surface area (Å²) < 4.78 is 0. The molecule has 0 spiro atoms. The molecule has 1 aliphatic rings. The highest BCUT2D eigenvalue weighted by Crippen LogP contribution is 2.49. The molecule has 8 rings (SSSR count). The van der Waals surface area contributed by atoms with Gasteiger partial charge in [0.25, 0.3) is 0 Å². The van der Waals surface area contributed by atoms with E-state index in [0.717, 1.165) is 62.4 Å². The Bertz CT molecular complexity index is 2320. The van der Waals surface area contributed by atoms with Gasteiger partial charge in [-0.15, -0.1) is 0 Å². The van der Waals surface area contributed by atoms with Gasteiger partial charge >= 0.3 is 0 Å². The van der Waals surface area contributed by atoms with Gasteiger partial charge in [-0.2, -0.15) is 0 Å². The molecule has 0 aliphatic heterocycles. The minimum Gasteiger partial charge on any atom is -0.309 e. The molecule has 0 radical (unpaired) electrons. The first-order valence-electron chi connectivity index (χ1n) is 18.4. The van der Waals surface area contributed by atoms with Gasteiger partial charge in [-0.3, -0.25) is 0 Å². The minimum atomic E-state index is -0.0744. The number of allylic oxidation sites excluding steroid dienone is 4. The van der Waals surface area contributed by atoms with Crippen LogP contribution >= 0.6 is 0 Å². The Morgan fingerprint density at radius 3 is 1.45 bits per heavy atom. The normalized spacial score (nSPS) is 15.2. The molecule has 0 amide bonds. The number of para-hydroxylation sites is 1. The summed E-state index contributed by atoms with van der Waals surface area (Å²) >= 11 is 0. The van der Waals surface area contributed by atoms with Crippen molar-refractivity contribution >= 4 is 16.9 Å². The SMILES string of the molecule is C=C1/C(N(c2cc(-c3ccccc3)cc(-c3ccccc3)c2)c2c(-c3ccccc3)cccc2-c2ccccc2)=C\C=C/CC(C)(C)c2ccccc21. The van der Waals surface area contributed by atoms with Crippen molar-refractivity contribution < 1.29 is 0 Å². The molecule has 7 aromatic rings. The molecule has 0 atom stereocenters. The summed E-state index contributed by atoms with van der Waals surface area (Å²) in [6.45, 7) is 9.61. The Kier molecular flexibility index (Phi) is 9.32. The zero-order valence-corrected chi connectivity index (χ0v) is 30.4. The Morgan fingerprint density at radius 2 is 0.925 bits per heavy atom. The van der Waals surface area contributed by atoms with Gasteiger partial charge in [0.15, 0.2) is 0 Å². The maximum absolute atomic E-state index is 4.94. The molecule has 53 heavy (non-hydrogen) atoms. The van der Waals surface area contributed by atoms with Crippen molar-refractivity contribution in [2.24, 2.45) is 0 Å². The molecule has 256 valence electrons. The molecular weight excluding hydrogens is 639 g/mol. The van der Waals surface area contributed by atoms with Gasteiger partial charge in [0, 0.05) is 16.8 Å². The third-order valence-electron chi connectivity index (χ3n) is 10.4. The van der Waals surface area contributed by atoms with Crippen molar-refractivity contribution in [3.63, 3.8) is 0 Å². The van der Waals surface area contributed by atoms with Crippen molar-refractivity contribution in [1.82, 2.24) is 0 Å². The van der Waals surface area contributed by atoms with Crippen LogP contribution in [0.15, 0.2) is 212 Å². The summed E-state index contributed by atoms with van der Waals surface area (Å²) in [5.41, 5.74) is 15.8. The topological polar surface area (TPSA) is 3.24 Å². The number of anilines is 2. The maximum Gasteiger partial charge on any atom is 0.0618 e. The van der Waals surface area contributed by atoms with E-state index in [4.69, 9.17) is 6.58 Å². The molecule has 0 saturated heterocycles. The van der Waals surface area contributed by atoms with Gasteiger partial charge in [0.1, 0.15) is 0 Å². The van der Waals surface area contributed by atoms with Crippen molar-refractivity contribution in [2.75, 3.05) is 4.90 Å². The summed E-state index contributed by atoms with van der Waals surface area (Å²) in [6, 6.07) is 65.5. The lowest BCUT2D eigenvalue weighted by Gasteiger charge is -2.35. The van der Waals surface area contributed by atoms with Crippen molar-refractivity contribution in [2.45, 2.75) is 25.7 Å². The fraction of sp³-hybridized carbons (Fsp3) is 0.0769. The predicted molar refractivity (Wildman–Crippen MR) is 227 cm³/mol.